The largest absolute Gasteiger partial charge is 0.462 e. The van der Waals surface area contributed by atoms with Gasteiger partial charge in [0, 0.05) is 4.47 Å². The van der Waals surface area contributed by atoms with Gasteiger partial charge in [0.1, 0.15) is 5.56 Å². The quantitative estimate of drug-likeness (QED) is 0.816. The molecule has 0 bridgehead atoms. The molecule has 0 saturated heterocycles. The van der Waals surface area contributed by atoms with Crippen molar-refractivity contribution in [1.29, 1.82) is 0 Å². The maximum absolute atomic E-state index is 11.8. The fourth-order valence-corrected chi connectivity index (χ4v) is 2.97. The second kappa shape index (κ2) is 5.96. The summed E-state index contributed by atoms with van der Waals surface area (Å²) in [6.07, 6.45) is 1.12. The summed E-state index contributed by atoms with van der Waals surface area (Å²) in [5.74, 6) is -0.789. The minimum absolute atomic E-state index is 0.116. The van der Waals surface area contributed by atoms with Crippen molar-refractivity contribution in [2.24, 2.45) is 5.14 Å². The van der Waals surface area contributed by atoms with Crippen LogP contribution in [0.5, 0.6) is 0 Å². The molecule has 1 heterocycles. The number of ether oxygens (including phenoxy) is 1. The van der Waals surface area contributed by atoms with Gasteiger partial charge in [0.2, 0.25) is 0 Å². The Labute approximate surface area is 129 Å². The van der Waals surface area contributed by atoms with E-state index in [9.17, 15) is 13.2 Å². The number of sulfonamides is 1. The van der Waals surface area contributed by atoms with Crippen molar-refractivity contribution in [3.8, 4) is 5.69 Å². The first-order valence-electron chi connectivity index (χ1n) is 5.88. The molecule has 0 radical (unpaired) electrons. The SMILES string of the molecule is CCOC(=O)c1cnn(-c2cccc(Br)c2)c1S(N)(=O)=O. The third-order valence-corrected chi connectivity index (χ3v) is 3.97. The third-order valence-electron chi connectivity index (χ3n) is 2.54. The molecule has 2 aromatic rings. The van der Waals surface area contributed by atoms with E-state index in [2.05, 4.69) is 21.0 Å². The first kappa shape index (κ1) is 15.7. The Bertz CT molecular complexity index is 786. The molecule has 0 amide bonds. The summed E-state index contributed by atoms with van der Waals surface area (Å²) in [6.45, 7) is 1.73. The smallest absolute Gasteiger partial charge is 0.342 e. The van der Waals surface area contributed by atoms with Crippen LogP contribution in [0.4, 0.5) is 0 Å². The number of primary sulfonamides is 1. The minimum atomic E-state index is -4.16. The predicted octanol–water partition coefficient (Wildman–Crippen LogP) is 1.46. The summed E-state index contributed by atoms with van der Waals surface area (Å²) in [5.41, 5.74) is 0.253. The fraction of sp³-hybridized carbons (Fsp3) is 0.167. The van der Waals surface area contributed by atoms with Crippen molar-refractivity contribution < 1.29 is 17.9 Å². The average molecular weight is 374 g/mol. The van der Waals surface area contributed by atoms with E-state index in [1.54, 1.807) is 31.2 Å². The summed E-state index contributed by atoms with van der Waals surface area (Å²) in [7, 11) is -4.16. The number of rotatable bonds is 4. The Morgan fingerprint density at radius 2 is 2.19 bits per heavy atom. The van der Waals surface area contributed by atoms with Crippen LogP contribution in [-0.4, -0.2) is 30.8 Å². The molecule has 21 heavy (non-hydrogen) atoms. The van der Waals surface area contributed by atoms with Crippen molar-refractivity contribution in [3.63, 3.8) is 0 Å². The molecule has 0 spiro atoms. The highest BCUT2D eigenvalue weighted by Gasteiger charge is 2.27. The fourth-order valence-electron chi connectivity index (χ4n) is 1.75. The summed E-state index contributed by atoms with van der Waals surface area (Å²) < 4.78 is 30.2. The molecule has 0 aliphatic carbocycles. The number of hydrogen-bond acceptors (Lipinski definition) is 5. The van der Waals surface area contributed by atoms with Gasteiger partial charge < -0.3 is 4.74 Å². The van der Waals surface area contributed by atoms with Crippen molar-refractivity contribution in [3.05, 3.63) is 40.5 Å². The highest BCUT2D eigenvalue weighted by molar-refractivity contribution is 9.10. The van der Waals surface area contributed by atoms with Crippen LogP contribution in [0.2, 0.25) is 0 Å². The van der Waals surface area contributed by atoms with E-state index in [1.165, 1.54) is 0 Å². The zero-order valence-corrected chi connectivity index (χ0v) is 13.4. The Balaban J connectivity index is 2.66. The number of hydrogen-bond donors (Lipinski definition) is 1. The van der Waals surface area contributed by atoms with Gasteiger partial charge in [-0.1, -0.05) is 22.0 Å². The van der Waals surface area contributed by atoms with Crippen LogP contribution in [0.25, 0.3) is 5.69 Å². The molecule has 0 unspecified atom stereocenters. The standard InChI is InChI=1S/C12H12BrN3O4S/c1-2-20-12(17)10-7-15-16(11(10)21(14,18)19)9-5-3-4-8(13)6-9/h3-7H,2H2,1H3,(H2,14,18,19). The number of esters is 1. The summed E-state index contributed by atoms with van der Waals surface area (Å²) >= 11 is 3.28. The van der Waals surface area contributed by atoms with E-state index >= 15 is 0 Å². The molecule has 0 aliphatic rings. The summed E-state index contributed by atoms with van der Waals surface area (Å²) in [4.78, 5) is 11.8. The molecule has 0 fully saturated rings. The molecular formula is C12H12BrN3O4S. The van der Waals surface area contributed by atoms with Gasteiger partial charge in [0.25, 0.3) is 10.0 Å². The lowest BCUT2D eigenvalue weighted by Crippen LogP contribution is -2.21. The van der Waals surface area contributed by atoms with Crippen LogP contribution in [-0.2, 0) is 14.8 Å². The first-order valence-corrected chi connectivity index (χ1v) is 8.22. The van der Waals surface area contributed by atoms with Crippen LogP contribution < -0.4 is 5.14 Å². The highest BCUT2D eigenvalue weighted by Crippen LogP contribution is 2.22. The van der Waals surface area contributed by atoms with Crippen molar-refractivity contribution in [2.45, 2.75) is 11.9 Å². The van der Waals surface area contributed by atoms with E-state index in [1.807, 2.05) is 0 Å². The van der Waals surface area contributed by atoms with Crippen LogP contribution in [0.3, 0.4) is 0 Å². The maximum Gasteiger partial charge on any atom is 0.342 e. The molecule has 0 aliphatic heterocycles. The van der Waals surface area contributed by atoms with E-state index in [0.717, 1.165) is 15.4 Å². The number of benzene rings is 1. The normalized spacial score (nSPS) is 11.4. The monoisotopic (exact) mass is 373 g/mol. The van der Waals surface area contributed by atoms with Gasteiger partial charge in [-0.05, 0) is 25.1 Å². The summed E-state index contributed by atoms with van der Waals surface area (Å²) in [5, 5.41) is 8.73. The molecule has 7 nitrogen and oxygen atoms in total. The number of carbonyl (C=O) groups excluding carboxylic acids is 1. The van der Waals surface area contributed by atoms with Crippen molar-refractivity contribution >= 4 is 31.9 Å². The van der Waals surface area contributed by atoms with Crippen LogP contribution in [0, 0.1) is 0 Å². The number of nitrogens with two attached hydrogens (primary N) is 1. The molecule has 1 aromatic carbocycles. The van der Waals surface area contributed by atoms with Gasteiger partial charge in [-0.3, -0.25) is 0 Å². The number of nitrogens with zero attached hydrogens (tertiary/aromatic N) is 2. The van der Waals surface area contributed by atoms with E-state index in [0.29, 0.717) is 5.69 Å². The topological polar surface area (TPSA) is 104 Å². The van der Waals surface area contributed by atoms with Crippen LogP contribution in [0.15, 0.2) is 40.0 Å². The Kier molecular flexibility index (Phi) is 4.45. The van der Waals surface area contributed by atoms with Gasteiger partial charge in [0.05, 0.1) is 18.5 Å². The third kappa shape index (κ3) is 3.31. The predicted molar refractivity (Wildman–Crippen MR) is 78.6 cm³/mol. The zero-order valence-electron chi connectivity index (χ0n) is 11.0. The average Bonchev–Trinajstić information content (AvgIpc) is 2.83. The van der Waals surface area contributed by atoms with Gasteiger partial charge in [-0.2, -0.15) is 5.10 Å². The lowest BCUT2D eigenvalue weighted by atomic mass is 10.3. The first-order chi connectivity index (χ1) is 9.84. The lowest BCUT2D eigenvalue weighted by Gasteiger charge is -2.08. The van der Waals surface area contributed by atoms with Crippen molar-refractivity contribution in [1.82, 2.24) is 9.78 Å². The number of carbonyl (C=O) groups is 1. The molecule has 9 heteroatoms. The van der Waals surface area contributed by atoms with E-state index < -0.39 is 21.0 Å². The second-order valence-corrected chi connectivity index (χ2v) is 6.41. The molecule has 112 valence electrons. The number of halogens is 1. The second-order valence-electron chi connectivity index (χ2n) is 4.02. The molecule has 2 rings (SSSR count). The Morgan fingerprint density at radius 3 is 2.76 bits per heavy atom. The van der Waals surface area contributed by atoms with Gasteiger partial charge >= 0.3 is 5.97 Å². The van der Waals surface area contributed by atoms with Crippen LogP contribution >= 0.6 is 15.9 Å². The van der Waals surface area contributed by atoms with E-state index in [-0.39, 0.29) is 12.2 Å². The molecule has 0 atom stereocenters. The zero-order chi connectivity index (χ0) is 15.6. The van der Waals surface area contributed by atoms with E-state index in [4.69, 9.17) is 9.88 Å². The molecule has 1 aromatic heterocycles. The Hall–Kier alpha value is -1.71. The van der Waals surface area contributed by atoms with Gasteiger partial charge in [-0.15, -0.1) is 0 Å². The highest BCUT2D eigenvalue weighted by atomic mass is 79.9. The minimum Gasteiger partial charge on any atom is -0.462 e. The Morgan fingerprint density at radius 1 is 1.48 bits per heavy atom. The summed E-state index contributed by atoms with van der Waals surface area (Å²) in [6, 6.07) is 6.77. The van der Waals surface area contributed by atoms with Gasteiger partial charge in [-0.25, -0.2) is 23.0 Å². The molecule has 2 N–H and O–H groups in total. The lowest BCUT2D eigenvalue weighted by molar-refractivity contribution is 0.0521. The molecule has 0 saturated carbocycles. The number of aromatic nitrogens is 2. The maximum atomic E-state index is 11.8. The molecular weight excluding hydrogens is 362 g/mol. The van der Waals surface area contributed by atoms with Gasteiger partial charge in [0.15, 0.2) is 5.03 Å². The van der Waals surface area contributed by atoms with Crippen molar-refractivity contribution in [2.75, 3.05) is 6.61 Å². The van der Waals surface area contributed by atoms with Crippen LogP contribution in [0.1, 0.15) is 17.3 Å².